The Morgan fingerprint density at radius 3 is 2.60 bits per heavy atom. The lowest BCUT2D eigenvalue weighted by molar-refractivity contribution is -0.140. The van der Waals surface area contributed by atoms with Crippen LogP contribution in [-0.4, -0.2) is 24.3 Å². The molecule has 0 saturated heterocycles. The molecule has 0 unspecified atom stereocenters. The first-order valence-corrected chi connectivity index (χ1v) is 14.6. The number of carbonyl (C=O) groups excluding carboxylic acids is 1. The number of thiophene rings is 1. The molecule has 5 rings (SSSR count). The van der Waals surface area contributed by atoms with Crippen LogP contribution in [0.1, 0.15) is 42.8 Å². The van der Waals surface area contributed by atoms with E-state index < -0.39 is 12.0 Å². The van der Waals surface area contributed by atoms with Gasteiger partial charge < -0.3 is 14.2 Å². The second-order valence-corrected chi connectivity index (χ2v) is 11.8. The van der Waals surface area contributed by atoms with Gasteiger partial charge in [-0.2, -0.15) is 0 Å². The zero-order chi connectivity index (χ0) is 28.2. The fourth-order valence-corrected chi connectivity index (χ4v) is 6.27. The van der Waals surface area contributed by atoms with Crippen molar-refractivity contribution in [2.45, 2.75) is 33.4 Å². The van der Waals surface area contributed by atoms with Crippen molar-refractivity contribution < 1.29 is 19.0 Å². The molecule has 0 fully saturated rings. The Labute approximate surface area is 240 Å². The summed E-state index contributed by atoms with van der Waals surface area (Å²) in [6.45, 7) is 6.47. The average Bonchev–Trinajstić information content (AvgIpc) is 3.59. The summed E-state index contributed by atoms with van der Waals surface area (Å²) in [5.41, 5.74) is 2.57. The van der Waals surface area contributed by atoms with Gasteiger partial charge in [0.05, 0.1) is 29.5 Å². The minimum atomic E-state index is -0.596. The van der Waals surface area contributed by atoms with Crippen molar-refractivity contribution in [3.8, 4) is 11.5 Å². The number of methoxy groups -OCH3 is 1. The van der Waals surface area contributed by atoms with Crippen molar-refractivity contribution in [1.29, 1.82) is 0 Å². The van der Waals surface area contributed by atoms with Gasteiger partial charge in [0.15, 0.2) is 16.3 Å². The van der Waals surface area contributed by atoms with Gasteiger partial charge in [-0.15, -0.1) is 11.3 Å². The van der Waals surface area contributed by atoms with E-state index in [0.717, 1.165) is 16.0 Å². The quantitative estimate of drug-likeness (QED) is 0.261. The molecule has 0 spiro atoms. The van der Waals surface area contributed by atoms with E-state index in [2.05, 4.69) is 4.99 Å². The van der Waals surface area contributed by atoms with Crippen LogP contribution in [0.5, 0.6) is 11.5 Å². The highest BCUT2D eigenvalue weighted by molar-refractivity contribution is 7.10. The number of ether oxygens (including phenoxy) is 3. The molecule has 1 atom stereocenters. The van der Waals surface area contributed by atoms with E-state index in [4.69, 9.17) is 14.2 Å². The van der Waals surface area contributed by atoms with Crippen LogP contribution in [0, 0.1) is 5.92 Å². The molecule has 0 bridgehead atoms. The van der Waals surface area contributed by atoms with Gasteiger partial charge in [-0.3, -0.25) is 9.36 Å². The number of rotatable bonds is 9. The van der Waals surface area contributed by atoms with E-state index in [-0.39, 0.29) is 11.5 Å². The van der Waals surface area contributed by atoms with E-state index in [9.17, 15) is 9.59 Å². The van der Waals surface area contributed by atoms with Crippen molar-refractivity contribution in [3.05, 3.63) is 113 Å². The maximum atomic E-state index is 13.8. The topological polar surface area (TPSA) is 79.1 Å². The Kier molecular flexibility index (Phi) is 8.32. The molecule has 0 radical (unpaired) electrons. The van der Waals surface area contributed by atoms with Crippen molar-refractivity contribution in [1.82, 2.24) is 4.57 Å². The monoisotopic (exact) mass is 574 g/mol. The second-order valence-electron chi connectivity index (χ2n) is 9.77. The van der Waals surface area contributed by atoms with E-state index in [1.54, 1.807) is 18.6 Å². The Morgan fingerprint density at radius 2 is 1.90 bits per heavy atom. The number of aromatic nitrogens is 1. The zero-order valence-corrected chi connectivity index (χ0v) is 24.4. The number of allylic oxidation sites excluding steroid dienone is 1. The molecule has 3 heterocycles. The Balaban J connectivity index is 1.51. The van der Waals surface area contributed by atoms with Crippen molar-refractivity contribution >= 4 is 34.7 Å². The van der Waals surface area contributed by atoms with Gasteiger partial charge >= 0.3 is 5.97 Å². The molecule has 4 aromatic rings. The summed E-state index contributed by atoms with van der Waals surface area (Å²) in [7, 11) is 1.59. The van der Waals surface area contributed by atoms with Crippen molar-refractivity contribution in [3.63, 3.8) is 0 Å². The van der Waals surface area contributed by atoms with Crippen LogP contribution in [0.3, 0.4) is 0 Å². The maximum Gasteiger partial charge on any atom is 0.338 e. The summed E-state index contributed by atoms with van der Waals surface area (Å²) >= 11 is 2.79. The molecule has 0 aliphatic carbocycles. The largest absolute Gasteiger partial charge is 0.493 e. The third-order valence-electron chi connectivity index (χ3n) is 6.32. The summed E-state index contributed by atoms with van der Waals surface area (Å²) in [5.74, 6) is 0.930. The first-order valence-electron chi connectivity index (χ1n) is 12.9. The molecular weight excluding hydrogens is 544 g/mol. The standard InChI is InChI=1S/C31H30N2O5S2/c1-19(2)17-38-30(35)27-20(3)32-31-33(28(27)25-11-8-14-39-25)29(34)26(40-31)16-22-12-13-23(24(15-22)36-4)37-18-21-9-6-5-7-10-21/h5-16,19,28H,17-18H2,1-4H3/b26-16+/t28-/m0/s1. The number of hydrogen-bond donors (Lipinski definition) is 0. The second kappa shape index (κ2) is 12.1. The lowest BCUT2D eigenvalue weighted by Crippen LogP contribution is -2.39. The summed E-state index contributed by atoms with van der Waals surface area (Å²) in [6.07, 6.45) is 1.81. The van der Waals surface area contributed by atoms with Gasteiger partial charge in [0, 0.05) is 4.88 Å². The normalized spacial score (nSPS) is 15.1. The number of benzene rings is 2. The fourth-order valence-electron chi connectivity index (χ4n) is 4.40. The molecule has 2 aromatic carbocycles. The van der Waals surface area contributed by atoms with Crippen LogP contribution < -0.4 is 24.4 Å². The minimum absolute atomic E-state index is 0.193. The smallest absolute Gasteiger partial charge is 0.338 e. The lowest BCUT2D eigenvalue weighted by atomic mass is 10.0. The van der Waals surface area contributed by atoms with Crippen molar-refractivity contribution in [2.24, 2.45) is 10.9 Å². The first-order chi connectivity index (χ1) is 19.4. The summed E-state index contributed by atoms with van der Waals surface area (Å²) in [4.78, 5) is 33.1. The third kappa shape index (κ3) is 5.80. The van der Waals surface area contributed by atoms with Gasteiger partial charge in [-0.25, -0.2) is 9.79 Å². The molecular formula is C31H30N2O5S2. The van der Waals surface area contributed by atoms with Gasteiger partial charge in [-0.05, 0) is 53.6 Å². The number of fused-ring (bicyclic) bond motifs is 1. The van der Waals surface area contributed by atoms with E-state index in [0.29, 0.717) is 45.3 Å². The number of thiazole rings is 1. The number of carbonyl (C=O) groups is 1. The molecule has 1 aliphatic heterocycles. The molecule has 1 aliphatic rings. The van der Waals surface area contributed by atoms with Gasteiger partial charge in [-0.1, -0.05) is 67.6 Å². The zero-order valence-electron chi connectivity index (χ0n) is 22.7. The summed E-state index contributed by atoms with van der Waals surface area (Å²) in [5, 5.41) is 1.94. The molecule has 40 heavy (non-hydrogen) atoms. The molecule has 7 nitrogen and oxygen atoms in total. The predicted molar refractivity (Wildman–Crippen MR) is 158 cm³/mol. The lowest BCUT2D eigenvalue weighted by Gasteiger charge is -2.23. The number of esters is 1. The van der Waals surface area contributed by atoms with Crippen LogP contribution in [0.25, 0.3) is 6.08 Å². The van der Waals surface area contributed by atoms with E-state index in [1.165, 1.54) is 22.7 Å². The van der Waals surface area contributed by atoms with Gasteiger partial charge in [0.2, 0.25) is 0 Å². The first kappa shape index (κ1) is 27.6. The van der Waals surface area contributed by atoms with E-state index >= 15 is 0 Å². The average molecular weight is 575 g/mol. The van der Waals surface area contributed by atoms with Crippen LogP contribution in [0.4, 0.5) is 0 Å². The third-order valence-corrected chi connectivity index (χ3v) is 8.23. The molecule has 0 N–H and O–H groups in total. The number of hydrogen-bond acceptors (Lipinski definition) is 8. The Bertz CT molecular complexity index is 1720. The molecule has 206 valence electrons. The molecule has 0 saturated carbocycles. The van der Waals surface area contributed by atoms with Crippen LogP contribution in [0.15, 0.2) is 87.1 Å². The molecule has 0 amide bonds. The Morgan fingerprint density at radius 1 is 1.10 bits per heavy atom. The molecule has 2 aromatic heterocycles. The Hall–Kier alpha value is -3.95. The minimum Gasteiger partial charge on any atom is -0.493 e. The summed E-state index contributed by atoms with van der Waals surface area (Å²) < 4.78 is 19.3. The predicted octanol–water partition coefficient (Wildman–Crippen LogP) is 5.08. The van der Waals surface area contributed by atoms with Crippen LogP contribution in [-0.2, 0) is 16.1 Å². The maximum absolute atomic E-state index is 13.8. The highest BCUT2D eigenvalue weighted by atomic mass is 32.1. The van der Waals surface area contributed by atoms with Gasteiger partial charge in [0.25, 0.3) is 5.56 Å². The van der Waals surface area contributed by atoms with Crippen LogP contribution in [0.2, 0.25) is 0 Å². The fraction of sp³-hybridized carbons (Fsp3) is 0.258. The number of nitrogens with zero attached hydrogens (tertiary/aromatic N) is 2. The SMILES string of the molecule is COc1cc(/C=c2/sc3n(c2=O)[C@@H](c2cccs2)C(C(=O)OCC(C)C)=C(C)N=3)ccc1OCc1ccccc1. The highest BCUT2D eigenvalue weighted by Gasteiger charge is 2.34. The van der Waals surface area contributed by atoms with Gasteiger partial charge in [0.1, 0.15) is 12.6 Å². The molecule has 9 heteroatoms. The van der Waals surface area contributed by atoms with E-state index in [1.807, 2.05) is 86.0 Å². The summed E-state index contributed by atoms with van der Waals surface area (Å²) in [6, 6.07) is 18.7. The highest BCUT2D eigenvalue weighted by Crippen LogP contribution is 2.33. The van der Waals surface area contributed by atoms with Crippen LogP contribution >= 0.6 is 22.7 Å². The van der Waals surface area contributed by atoms with Crippen molar-refractivity contribution in [2.75, 3.05) is 13.7 Å².